The Kier molecular flexibility index (Phi) is 49.6. The van der Waals surface area contributed by atoms with E-state index in [4.69, 9.17) is 4.74 Å². The minimum atomic E-state index is -0.798. The predicted molar refractivity (Wildman–Crippen MR) is 278 cm³/mol. The van der Waals surface area contributed by atoms with Crippen molar-refractivity contribution in [1.29, 1.82) is 0 Å². The smallest absolute Gasteiger partial charge is 0.306 e. The Morgan fingerprint density at radius 2 is 0.891 bits per heavy atom. The van der Waals surface area contributed by atoms with Gasteiger partial charge >= 0.3 is 5.97 Å². The molecule has 0 aliphatic rings. The fourth-order valence-electron chi connectivity index (χ4n) is 8.20. The molecule has 0 saturated heterocycles. The van der Waals surface area contributed by atoms with Gasteiger partial charge < -0.3 is 20.3 Å². The zero-order valence-corrected chi connectivity index (χ0v) is 42.4. The number of ether oxygens (including phenoxy) is 1. The van der Waals surface area contributed by atoms with Gasteiger partial charge in [0.1, 0.15) is 6.10 Å². The third-order valence-corrected chi connectivity index (χ3v) is 12.4. The van der Waals surface area contributed by atoms with Crippen LogP contribution in [0.2, 0.25) is 0 Å². The molecule has 6 nitrogen and oxygen atoms in total. The molecular weight excluding hydrogens is 791 g/mol. The minimum absolute atomic E-state index is 0.0537. The quantitative estimate of drug-likeness (QED) is 0.0245. The molecule has 372 valence electrons. The lowest BCUT2D eigenvalue weighted by atomic mass is 10.0. The third-order valence-electron chi connectivity index (χ3n) is 12.4. The Bertz CT molecular complexity index is 1140. The third kappa shape index (κ3) is 46.1. The average molecular weight is 896 g/mol. The van der Waals surface area contributed by atoms with Gasteiger partial charge in [0, 0.05) is 6.42 Å². The number of nitrogens with one attached hydrogen (secondary N) is 1. The van der Waals surface area contributed by atoms with Crippen molar-refractivity contribution in [2.24, 2.45) is 0 Å². The summed E-state index contributed by atoms with van der Waals surface area (Å²) < 4.78 is 5.93. The summed E-state index contributed by atoms with van der Waals surface area (Å²) >= 11 is 0. The molecule has 3 N–H and O–H groups in total. The van der Waals surface area contributed by atoms with Crippen LogP contribution in [0, 0.1) is 0 Å². The lowest BCUT2D eigenvalue weighted by molar-refractivity contribution is -0.151. The first-order chi connectivity index (χ1) is 31.5. The van der Waals surface area contributed by atoms with E-state index >= 15 is 0 Å². The number of carbonyl (C=O) groups is 2. The van der Waals surface area contributed by atoms with Crippen LogP contribution in [0.5, 0.6) is 0 Å². The summed E-state index contributed by atoms with van der Waals surface area (Å²) in [4.78, 5) is 26.2. The summed E-state index contributed by atoms with van der Waals surface area (Å²) in [7, 11) is 0. The highest BCUT2D eigenvalue weighted by Gasteiger charge is 2.24. The summed E-state index contributed by atoms with van der Waals surface area (Å²) in [6.45, 7) is 6.37. The second-order valence-corrected chi connectivity index (χ2v) is 18.6. The molecule has 0 fully saturated rings. The number of hydrogen-bond acceptors (Lipinski definition) is 5. The van der Waals surface area contributed by atoms with E-state index in [1.165, 1.54) is 128 Å². The number of allylic oxidation sites excluding steroid dienone is 10. The molecule has 0 bridgehead atoms. The van der Waals surface area contributed by atoms with Crippen LogP contribution in [0.25, 0.3) is 0 Å². The fourth-order valence-corrected chi connectivity index (χ4v) is 8.20. The summed E-state index contributed by atoms with van der Waals surface area (Å²) in [5.41, 5.74) is 0. The van der Waals surface area contributed by atoms with Gasteiger partial charge in [-0.15, -0.1) is 0 Å². The maximum Gasteiger partial charge on any atom is 0.306 e. The highest BCUT2D eigenvalue weighted by molar-refractivity contribution is 5.77. The van der Waals surface area contributed by atoms with Gasteiger partial charge in [0.05, 0.1) is 25.2 Å². The van der Waals surface area contributed by atoms with Crippen molar-refractivity contribution >= 4 is 11.9 Å². The standard InChI is InChI=1S/C58H105NO5/c1-4-7-10-13-16-19-22-25-27-29-32-34-37-40-43-46-49-54(64-58(63)51-48-45-42-39-36-33-30-28-26-23-20-17-14-11-8-5-2)52-57(62)59-55(53-60)56(61)50-47-44-41-38-35-31-24-21-18-15-12-9-6-3/h8,11,17,20,26-29,32,34,54-56,60-61H,4-7,9-10,12-16,18-19,21-25,30-31,33,35-53H2,1-3H3,(H,59,62)/b11-8+,20-17+,28-26+,29-27+,34-32+. The highest BCUT2D eigenvalue weighted by Crippen LogP contribution is 2.18. The van der Waals surface area contributed by atoms with Crippen molar-refractivity contribution in [3.8, 4) is 0 Å². The van der Waals surface area contributed by atoms with Crippen LogP contribution in [-0.4, -0.2) is 46.9 Å². The molecule has 0 aliphatic heterocycles. The van der Waals surface area contributed by atoms with Crippen LogP contribution >= 0.6 is 0 Å². The number of carbonyl (C=O) groups excluding carboxylic acids is 2. The monoisotopic (exact) mass is 896 g/mol. The van der Waals surface area contributed by atoms with Crippen LogP contribution in [-0.2, 0) is 14.3 Å². The molecule has 0 aliphatic carbocycles. The van der Waals surface area contributed by atoms with E-state index in [2.05, 4.69) is 86.8 Å². The van der Waals surface area contributed by atoms with Crippen molar-refractivity contribution in [3.05, 3.63) is 60.8 Å². The second-order valence-electron chi connectivity index (χ2n) is 18.6. The van der Waals surface area contributed by atoms with Gasteiger partial charge in [-0.3, -0.25) is 9.59 Å². The summed E-state index contributed by atoms with van der Waals surface area (Å²) in [5, 5.41) is 23.8. The van der Waals surface area contributed by atoms with E-state index in [0.29, 0.717) is 19.3 Å². The Morgan fingerprint density at radius 1 is 0.484 bits per heavy atom. The number of esters is 1. The normalized spacial score (nSPS) is 13.6. The zero-order chi connectivity index (χ0) is 46.7. The van der Waals surface area contributed by atoms with Crippen molar-refractivity contribution in [2.75, 3.05) is 6.61 Å². The lowest BCUT2D eigenvalue weighted by Crippen LogP contribution is -2.46. The van der Waals surface area contributed by atoms with Gasteiger partial charge in [-0.05, 0) is 83.5 Å². The van der Waals surface area contributed by atoms with Gasteiger partial charge in [-0.25, -0.2) is 0 Å². The van der Waals surface area contributed by atoms with Crippen LogP contribution in [0.3, 0.4) is 0 Å². The molecule has 3 unspecified atom stereocenters. The van der Waals surface area contributed by atoms with E-state index in [1.807, 2.05) is 0 Å². The largest absolute Gasteiger partial charge is 0.462 e. The molecule has 0 aromatic rings. The molecular formula is C58H105NO5. The van der Waals surface area contributed by atoms with Gasteiger partial charge in [-0.2, -0.15) is 0 Å². The number of rotatable bonds is 49. The maximum atomic E-state index is 13.2. The van der Waals surface area contributed by atoms with Crippen molar-refractivity contribution < 1.29 is 24.5 Å². The van der Waals surface area contributed by atoms with Crippen molar-refractivity contribution in [3.63, 3.8) is 0 Å². The van der Waals surface area contributed by atoms with Gasteiger partial charge in [0.25, 0.3) is 0 Å². The van der Waals surface area contributed by atoms with Gasteiger partial charge in [-0.1, -0.05) is 236 Å². The summed E-state index contributed by atoms with van der Waals surface area (Å²) in [6.07, 6.45) is 64.2. The van der Waals surface area contributed by atoms with E-state index < -0.39 is 18.2 Å². The van der Waals surface area contributed by atoms with Crippen LogP contribution in [0.4, 0.5) is 0 Å². The molecule has 6 heteroatoms. The summed E-state index contributed by atoms with van der Waals surface area (Å²) in [5.74, 6) is -0.510. The number of hydrogen-bond donors (Lipinski definition) is 3. The number of amides is 1. The molecule has 0 spiro atoms. The van der Waals surface area contributed by atoms with Crippen LogP contribution in [0.15, 0.2) is 60.8 Å². The number of aliphatic hydroxyl groups is 2. The molecule has 0 rings (SSSR count). The molecule has 0 saturated carbocycles. The Hall–Kier alpha value is -2.44. The molecule has 0 heterocycles. The molecule has 0 radical (unpaired) electrons. The van der Waals surface area contributed by atoms with E-state index in [1.54, 1.807) is 0 Å². The summed E-state index contributed by atoms with van der Waals surface area (Å²) in [6, 6.07) is -0.714. The lowest BCUT2D eigenvalue weighted by Gasteiger charge is -2.24. The topological polar surface area (TPSA) is 95.9 Å². The van der Waals surface area contributed by atoms with Crippen molar-refractivity contribution in [2.45, 2.75) is 289 Å². The van der Waals surface area contributed by atoms with Crippen molar-refractivity contribution in [1.82, 2.24) is 5.32 Å². The molecule has 0 aromatic heterocycles. The molecule has 3 atom stereocenters. The predicted octanol–water partition coefficient (Wildman–Crippen LogP) is 16.8. The van der Waals surface area contributed by atoms with Gasteiger partial charge in [0.15, 0.2) is 0 Å². The molecule has 1 amide bonds. The average Bonchev–Trinajstić information content (AvgIpc) is 3.29. The minimum Gasteiger partial charge on any atom is -0.462 e. The zero-order valence-electron chi connectivity index (χ0n) is 42.4. The highest BCUT2D eigenvalue weighted by atomic mass is 16.5. The first kappa shape index (κ1) is 61.6. The number of aliphatic hydroxyl groups excluding tert-OH is 2. The molecule has 0 aromatic carbocycles. The van der Waals surface area contributed by atoms with Crippen LogP contribution < -0.4 is 5.32 Å². The second kappa shape index (κ2) is 51.5. The molecule has 64 heavy (non-hydrogen) atoms. The van der Waals surface area contributed by atoms with Gasteiger partial charge in [0.2, 0.25) is 5.91 Å². The first-order valence-electron chi connectivity index (χ1n) is 27.5. The van der Waals surface area contributed by atoms with Crippen LogP contribution in [0.1, 0.15) is 271 Å². The Balaban J connectivity index is 4.64. The Labute approximate surface area is 397 Å². The fraction of sp³-hybridized carbons (Fsp3) is 0.793. The van der Waals surface area contributed by atoms with E-state index in [0.717, 1.165) is 96.3 Å². The maximum absolute atomic E-state index is 13.2. The SMILES string of the molecule is CC/C=C/C/C=C/C/C=C/CCCCCCCCC(=O)OC(CCCCC/C=C/C=C/CCCCCCCCC)CC(=O)NC(CO)C(O)CCCCCCCCCCCCCCC. The van der Waals surface area contributed by atoms with E-state index in [-0.39, 0.29) is 24.9 Å². The first-order valence-corrected chi connectivity index (χ1v) is 27.5. The number of unbranched alkanes of at least 4 members (excludes halogenated alkanes) is 28. The Morgan fingerprint density at radius 3 is 1.39 bits per heavy atom. The van der Waals surface area contributed by atoms with E-state index in [9.17, 15) is 19.8 Å².